The molecule has 6 N–H and O–H groups in total. The SMILES string of the molecule is NC1[C@H](O)C(O)[C@@H](O)[C@H]1O. The Kier molecular flexibility index (Phi) is 1.93. The Bertz CT molecular complexity index is 86.0. The van der Waals surface area contributed by atoms with Gasteiger partial charge in [-0.05, 0) is 0 Å². The van der Waals surface area contributed by atoms with Crippen LogP contribution in [0.3, 0.4) is 0 Å². The van der Waals surface area contributed by atoms with Gasteiger partial charge in [-0.1, -0.05) is 0 Å². The van der Waals surface area contributed by atoms with Gasteiger partial charge in [0.25, 0.3) is 0 Å². The van der Waals surface area contributed by atoms with Gasteiger partial charge in [-0.2, -0.15) is 0 Å². The van der Waals surface area contributed by atoms with E-state index in [-0.39, 0.29) is 0 Å². The predicted octanol–water partition coefficient (Wildman–Crippen LogP) is -3.23. The van der Waals surface area contributed by atoms with Crippen LogP contribution in [0, 0.1) is 0 Å². The first-order valence-corrected chi connectivity index (χ1v) is 3.03. The van der Waals surface area contributed by atoms with Crippen molar-refractivity contribution in [3.63, 3.8) is 0 Å². The van der Waals surface area contributed by atoms with Gasteiger partial charge in [-0.15, -0.1) is 0 Å². The molecule has 10 heavy (non-hydrogen) atoms. The zero-order valence-corrected chi connectivity index (χ0v) is 5.25. The Morgan fingerprint density at radius 2 is 1.00 bits per heavy atom. The molecule has 1 aliphatic rings. The Hall–Kier alpha value is -0.200. The third-order valence-corrected chi connectivity index (χ3v) is 1.84. The Morgan fingerprint density at radius 3 is 1.10 bits per heavy atom. The second kappa shape index (κ2) is 2.44. The van der Waals surface area contributed by atoms with Crippen LogP contribution in [-0.2, 0) is 0 Å². The van der Waals surface area contributed by atoms with Crippen molar-refractivity contribution in [2.75, 3.05) is 0 Å². The fraction of sp³-hybridized carbons (Fsp3) is 1.00. The summed E-state index contributed by atoms with van der Waals surface area (Å²) in [6.45, 7) is 0. The number of nitrogens with two attached hydrogens (primary N) is 1. The molecule has 0 radical (unpaired) electrons. The van der Waals surface area contributed by atoms with E-state index in [1.165, 1.54) is 0 Å². The molecular formula is C5H11NO4. The summed E-state index contributed by atoms with van der Waals surface area (Å²) in [5, 5.41) is 35.6. The van der Waals surface area contributed by atoms with Gasteiger partial charge < -0.3 is 26.2 Å². The molecule has 5 heteroatoms. The Balaban J connectivity index is 2.68. The second-order valence-electron chi connectivity index (χ2n) is 2.54. The van der Waals surface area contributed by atoms with Crippen LogP contribution in [0.2, 0.25) is 0 Å². The van der Waals surface area contributed by atoms with Crippen molar-refractivity contribution in [2.24, 2.45) is 5.73 Å². The third kappa shape index (κ3) is 0.920. The topological polar surface area (TPSA) is 107 Å². The first-order chi connectivity index (χ1) is 4.55. The smallest absolute Gasteiger partial charge is 0.110 e. The van der Waals surface area contributed by atoms with E-state index >= 15 is 0 Å². The number of hydrogen-bond acceptors (Lipinski definition) is 5. The fourth-order valence-corrected chi connectivity index (χ4v) is 1.06. The van der Waals surface area contributed by atoms with Crippen LogP contribution < -0.4 is 5.73 Å². The van der Waals surface area contributed by atoms with E-state index in [1.807, 2.05) is 0 Å². The summed E-state index contributed by atoms with van der Waals surface area (Å²) < 4.78 is 0. The van der Waals surface area contributed by atoms with Gasteiger partial charge in [0.1, 0.15) is 24.4 Å². The molecule has 0 aliphatic heterocycles. The molecule has 1 rings (SSSR count). The summed E-state index contributed by atoms with van der Waals surface area (Å²) in [4.78, 5) is 0. The van der Waals surface area contributed by atoms with Crippen LogP contribution in [0.1, 0.15) is 0 Å². The molecule has 1 aliphatic carbocycles. The Morgan fingerprint density at radius 1 is 0.700 bits per heavy atom. The lowest BCUT2D eigenvalue weighted by Gasteiger charge is -2.11. The van der Waals surface area contributed by atoms with Crippen molar-refractivity contribution in [2.45, 2.75) is 30.5 Å². The van der Waals surface area contributed by atoms with Crippen LogP contribution >= 0.6 is 0 Å². The highest BCUT2D eigenvalue weighted by Gasteiger charge is 2.46. The molecule has 5 atom stereocenters. The van der Waals surface area contributed by atoms with E-state index in [1.54, 1.807) is 0 Å². The molecule has 1 saturated carbocycles. The van der Waals surface area contributed by atoms with Crippen molar-refractivity contribution >= 4 is 0 Å². The van der Waals surface area contributed by atoms with E-state index in [9.17, 15) is 0 Å². The average Bonchev–Trinajstić information content (AvgIpc) is 2.07. The van der Waals surface area contributed by atoms with Crippen LogP contribution in [0.25, 0.3) is 0 Å². The molecule has 0 spiro atoms. The van der Waals surface area contributed by atoms with E-state index in [2.05, 4.69) is 0 Å². The van der Waals surface area contributed by atoms with Crippen molar-refractivity contribution in [3.8, 4) is 0 Å². The molecular weight excluding hydrogens is 138 g/mol. The molecule has 0 aromatic carbocycles. The van der Waals surface area contributed by atoms with Crippen molar-refractivity contribution in [3.05, 3.63) is 0 Å². The first-order valence-electron chi connectivity index (χ1n) is 3.03. The monoisotopic (exact) mass is 149 g/mol. The molecule has 2 unspecified atom stereocenters. The lowest BCUT2D eigenvalue weighted by Crippen LogP contribution is -2.40. The number of rotatable bonds is 0. The average molecular weight is 149 g/mol. The summed E-state index contributed by atoms with van der Waals surface area (Å²) in [6, 6.07) is -0.954. The Labute approximate surface area is 57.7 Å². The highest BCUT2D eigenvalue weighted by atomic mass is 16.4. The maximum absolute atomic E-state index is 8.91. The molecule has 0 aromatic rings. The van der Waals surface area contributed by atoms with Gasteiger partial charge in [0.2, 0.25) is 0 Å². The normalized spacial score (nSPS) is 55.5. The summed E-state index contributed by atoms with van der Waals surface area (Å²) in [7, 11) is 0. The number of hydrogen-bond donors (Lipinski definition) is 5. The third-order valence-electron chi connectivity index (χ3n) is 1.84. The molecule has 5 nitrogen and oxygen atoms in total. The summed E-state index contributed by atoms with van der Waals surface area (Å²) >= 11 is 0. The van der Waals surface area contributed by atoms with Gasteiger partial charge >= 0.3 is 0 Å². The van der Waals surface area contributed by atoms with E-state index < -0.39 is 30.5 Å². The first kappa shape index (κ1) is 7.90. The second-order valence-corrected chi connectivity index (χ2v) is 2.54. The standard InChI is InChI=1S/C5H11NO4/c6-1-2(7)4(9)5(10)3(1)8/h1-5,7-10H,6H2/t1?,2-,3-,4-,5?/m0/s1. The van der Waals surface area contributed by atoms with Gasteiger partial charge in [0.05, 0.1) is 6.04 Å². The van der Waals surface area contributed by atoms with Crippen molar-refractivity contribution in [1.29, 1.82) is 0 Å². The summed E-state index contributed by atoms with van der Waals surface area (Å²) in [6.07, 6.45) is -5.12. The molecule has 0 heterocycles. The molecule has 1 fully saturated rings. The van der Waals surface area contributed by atoms with Crippen LogP contribution in [0.4, 0.5) is 0 Å². The fourth-order valence-electron chi connectivity index (χ4n) is 1.06. The molecule has 0 bridgehead atoms. The minimum atomic E-state index is -1.33. The highest BCUT2D eigenvalue weighted by Crippen LogP contribution is 2.19. The molecule has 0 saturated heterocycles. The van der Waals surface area contributed by atoms with Crippen LogP contribution in [-0.4, -0.2) is 50.9 Å². The molecule has 60 valence electrons. The minimum absolute atomic E-state index is 0.954. The zero-order valence-electron chi connectivity index (χ0n) is 5.25. The number of aliphatic hydroxyl groups is 4. The van der Waals surface area contributed by atoms with Crippen LogP contribution in [0.5, 0.6) is 0 Å². The lowest BCUT2D eigenvalue weighted by atomic mass is 10.2. The predicted molar refractivity (Wildman–Crippen MR) is 32.0 cm³/mol. The van der Waals surface area contributed by atoms with Gasteiger partial charge in [0, 0.05) is 0 Å². The number of aliphatic hydroxyl groups excluding tert-OH is 4. The largest absolute Gasteiger partial charge is 0.389 e. The van der Waals surface area contributed by atoms with E-state index in [0.29, 0.717) is 0 Å². The van der Waals surface area contributed by atoms with Gasteiger partial charge in [-0.25, -0.2) is 0 Å². The maximum atomic E-state index is 8.91. The van der Waals surface area contributed by atoms with Crippen molar-refractivity contribution < 1.29 is 20.4 Å². The quantitative estimate of drug-likeness (QED) is 0.249. The summed E-state index contributed by atoms with van der Waals surface area (Å²) in [5.74, 6) is 0. The van der Waals surface area contributed by atoms with Crippen molar-refractivity contribution in [1.82, 2.24) is 0 Å². The van der Waals surface area contributed by atoms with Gasteiger partial charge in [-0.3, -0.25) is 0 Å². The van der Waals surface area contributed by atoms with E-state index in [0.717, 1.165) is 0 Å². The molecule has 0 aromatic heterocycles. The minimum Gasteiger partial charge on any atom is -0.389 e. The molecule has 0 amide bonds. The van der Waals surface area contributed by atoms with E-state index in [4.69, 9.17) is 26.2 Å². The lowest BCUT2D eigenvalue weighted by molar-refractivity contribution is -0.0413. The highest BCUT2D eigenvalue weighted by molar-refractivity contribution is 5.00. The summed E-state index contributed by atoms with van der Waals surface area (Å²) in [5.41, 5.74) is 5.18. The van der Waals surface area contributed by atoms with Gasteiger partial charge in [0.15, 0.2) is 0 Å². The zero-order chi connectivity index (χ0) is 7.89. The van der Waals surface area contributed by atoms with Crippen LogP contribution in [0.15, 0.2) is 0 Å². The maximum Gasteiger partial charge on any atom is 0.110 e.